The molecule has 1 aromatic heterocycles. The van der Waals surface area contributed by atoms with Crippen LogP contribution in [0.25, 0.3) is 0 Å². The Hall–Kier alpha value is -2.41. The van der Waals surface area contributed by atoms with E-state index in [9.17, 15) is 9.59 Å². The molecule has 2 N–H and O–H groups in total. The summed E-state index contributed by atoms with van der Waals surface area (Å²) in [5, 5.41) is 13.7. The zero-order valence-electron chi connectivity index (χ0n) is 12.2. The molecule has 1 aromatic carbocycles. The lowest BCUT2D eigenvalue weighted by Gasteiger charge is -2.15. The van der Waals surface area contributed by atoms with Gasteiger partial charge in [-0.3, -0.25) is 10.1 Å². The molecule has 2 rings (SSSR count). The molecule has 0 radical (unpaired) electrons. The number of urea groups is 1. The third-order valence-electron chi connectivity index (χ3n) is 3.00. The van der Waals surface area contributed by atoms with E-state index in [4.69, 9.17) is 5.11 Å². The van der Waals surface area contributed by atoms with Crippen LogP contribution in [0.15, 0.2) is 35.7 Å². The maximum absolute atomic E-state index is 11.9. The summed E-state index contributed by atoms with van der Waals surface area (Å²) in [4.78, 5) is 28.1. The molecule has 22 heavy (non-hydrogen) atoms. The largest absolute Gasteiger partial charge is 0.481 e. The average Bonchev–Trinajstić information content (AvgIpc) is 2.92. The van der Waals surface area contributed by atoms with E-state index in [1.165, 1.54) is 16.2 Å². The molecule has 2 aromatic rings. The van der Waals surface area contributed by atoms with Gasteiger partial charge in [0.05, 0.1) is 12.1 Å². The minimum atomic E-state index is -0.931. The smallest absolute Gasteiger partial charge is 0.323 e. The minimum Gasteiger partial charge on any atom is -0.481 e. The van der Waals surface area contributed by atoms with Crippen LogP contribution in [0, 0.1) is 0 Å². The molecular weight excluding hydrogens is 302 g/mol. The fourth-order valence-electron chi connectivity index (χ4n) is 1.80. The van der Waals surface area contributed by atoms with E-state index in [1.807, 2.05) is 35.7 Å². The van der Waals surface area contributed by atoms with Crippen molar-refractivity contribution in [2.24, 2.45) is 0 Å². The highest BCUT2D eigenvalue weighted by molar-refractivity contribution is 7.13. The summed E-state index contributed by atoms with van der Waals surface area (Å²) in [5.41, 5.74) is 2.05. The molecule has 7 heteroatoms. The number of amides is 2. The lowest BCUT2D eigenvalue weighted by molar-refractivity contribution is -0.137. The van der Waals surface area contributed by atoms with E-state index in [2.05, 4.69) is 10.3 Å². The van der Waals surface area contributed by atoms with E-state index in [-0.39, 0.29) is 19.0 Å². The predicted molar refractivity (Wildman–Crippen MR) is 85.3 cm³/mol. The van der Waals surface area contributed by atoms with Crippen molar-refractivity contribution in [2.75, 3.05) is 18.9 Å². The van der Waals surface area contributed by atoms with E-state index in [0.717, 1.165) is 11.3 Å². The second-order valence-electron chi connectivity index (χ2n) is 4.80. The minimum absolute atomic E-state index is 0.0823. The van der Waals surface area contributed by atoms with E-state index >= 15 is 0 Å². The van der Waals surface area contributed by atoms with Crippen LogP contribution in [-0.4, -0.2) is 40.6 Å². The third kappa shape index (κ3) is 4.85. The van der Waals surface area contributed by atoms with Crippen molar-refractivity contribution >= 4 is 28.5 Å². The van der Waals surface area contributed by atoms with Gasteiger partial charge in [-0.15, -0.1) is 11.3 Å². The van der Waals surface area contributed by atoms with Crippen LogP contribution in [0.3, 0.4) is 0 Å². The number of aromatic nitrogens is 1. The SMILES string of the molecule is CN(CCC(=O)O)C(=O)Nc1nc(Cc2ccccc2)cs1. The van der Waals surface area contributed by atoms with E-state index < -0.39 is 5.97 Å². The molecule has 1 heterocycles. The van der Waals surface area contributed by atoms with Crippen molar-refractivity contribution in [1.82, 2.24) is 9.88 Å². The van der Waals surface area contributed by atoms with Gasteiger partial charge in [0.15, 0.2) is 5.13 Å². The summed E-state index contributed by atoms with van der Waals surface area (Å²) in [6.07, 6.45) is 0.628. The normalized spacial score (nSPS) is 10.2. The van der Waals surface area contributed by atoms with Gasteiger partial charge in [0.25, 0.3) is 0 Å². The third-order valence-corrected chi connectivity index (χ3v) is 3.81. The Kier molecular flexibility index (Phi) is 5.48. The summed E-state index contributed by atoms with van der Waals surface area (Å²) < 4.78 is 0. The first-order valence-corrected chi connectivity index (χ1v) is 7.65. The maximum atomic E-state index is 11.9. The molecule has 0 unspecified atom stereocenters. The number of carboxylic acid groups (broad SMARTS) is 1. The number of nitrogens with zero attached hydrogens (tertiary/aromatic N) is 2. The molecule has 0 aliphatic rings. The fraction of sp³-hybridized carbons (Fsp3) is 0.267. The Labute approximate surface area is 132 Å². The number of benzene rings is 1. The molecule has 0 saturated heterocycles. The molecule has 116 valence electrons. The van der Waals surface area contributed by atoms with Crippen molar-refractivity contribution in [2.45, 2.75) is 12.8 Å². The molecule has 6 nitrogen and oxygen atoms in total. The molecule has 0 aliphatic heterocycles. The van der Waals surface area contributed by atoms with Crippen LogP contribution < -0.4 is 5.32 Å². The molecule has 0 spiro atoms. The van der Waals surface area contributed by atoms with Crippen molar-refractivity contribution in [3.05, 3.63) is 47.0 Å². The highest BCUT2D eigenvalue weighted by Crippen LogP contribution is 2.18. The number of rotatable bonds is 6. The van der Waals surface area contributed by atoms with Gasteiger partial charge in [-0.05, 0) is 5.56 Å². The lowest BCUT2D eigenvalue weighted by atomic mass is 10.1. The second kappa shape index (κ2) is 7.56. The summed E-state index contributed by atoms with van der Waals surface area (Å²) in [6, 6.07) is 9.60. The molecule has 0 atom stereocenters. The zero-order valence-corrected chi connectivity index (χ0v) is 13.0. The van der Waals surface area contributed by atoms with Gasteiger partial charge in [0.1, 0.15) is 0 Å². The van der Waals surface area contributed by atoms with Crippen molar-refractivity contribution < 1.29 is 14.7 Å². The van der Waals surface area contributed by atoms with Crippen LogP contribution in [0.1, 0.15) is 17.7 Å². The maximum Gasteiger partial charge on any atom is 0.323 e. The van der Waals surface area contributed by atoms with Gasteiger partial charge >= 0.3 is 12.0 Å². The number of thiazole rings is 1. The Bertz CT molecular complexity index is 642. The first-order chi connectivity index (χ1) is 10.5. The molecule has 0 fully saturated rings. The Morgan fingerprint density at radius 1 is 1.32 bits per heavy atom. The van der Waals surface area contributed by atoms with Gasteiger partial charge in [-0.2, -0.15) is 0 Å². The summed E-state index contributed by atoms with van der Waals surface area (Å²) in [7, 11) is 1.55. The summed E-state index contributed by atoms with van der Waals surface area (Å²) >= 11 is 1.35. The van der Waals surface area contributed by atoms with Crippen LogP contribution >= 0.6 is 11.3 Å². The Balaban J connectivity index is 1.89. The van der Waals surface area contributed by atoms with Crippen molar-refractivity contribution in [3.8, 4) is 0 Å². The predicted octanol–water partition coefficient (Wildman–Crippen LogP) is 2.67. The van der Waals surface area contributed by atoms with Crippen LogP contribution in [0.4, 0.5) is 9.93 Å². The number of carboxylic acids is 1. The van der Waals surface area contributed by atoms with Crippen LogP contribution in [-0.2, 0) is 11.2 Å². The fourth-order valence-corrected chi connectivity index (χ4v) is 2.50. The number of hydrogen-bond acceptors (Lipinski definition) is 4. The quantitative estimate of drug-likeness (QED) is 0.857. The molecule has 0 saturated carbocycles. The number of hydrogen-bond donors (Lipinski definition) is 2. The van der Waals surface area contributed by atoms with Crippen molar-refractivity contribution in [3.63, 3.8) is 0 Å². The van der Waals surface area contributed by atoms with E-state index in [0.29, 0.717) is 11.6 Å². The molecule has 0 aliphatic carbocycles. The first kappa shape index (κ1) is 16.0. The van der Waals surface area contributed by atoms with E-state index in [1.54, 1.807) is 7.05 Å². The zero-order chi connectivity index (χ0) is 15.9. The standard InChI is InChI=1S/C15H17N3O3S/c1-18(8-7-13(19)20)15(21)17-14-16-12(10-22-14)9-11-5-3-2-4-6-11/h2-6,10H,7-9H2,1H3,(H,19,20)(H,16,17,21). The van der Waals surface area contributed by atoms with Gasteiger partial charge in [0.2, 0.25) is 0 Å². The number of carbonyl (C=O) groups is 2. The number of nitrogens with one attached hydrogen (secondary N) is 1. The van der Waals surface area contributed by atoms with Crippen LogP contribution in [0.2, 0.25) is 0 Å². The van der Waals surface area contributed by atoms with Gasteiger partial charge < -0.3 is 10.0 Å². The Morgan fingerprint density at radius 3 is 2.73 bits per heavy atom. The summed E-state index contributed by atoms with van der Waals surface area (Å²) in [5.74, 6) is -0.931. The number of anilines is 1. The topological polar surface area (TPSA) is 82.5 Å². The summed E-state index contributed by atoms with van der Waals surface area (Å²) in [6.45, 7) is 0.156. The highest BCUT2D eigenvalue weighted by atomic mass is 32.1. The average molecular weight is 319 g/mol. The van der Waals surface area contributed by atoms with Crippen LogP contribution in [0.5, 0.6) is 0 Å². The molecule has 2 amide bonds. The Morgan fingerprint density at radius 2 is 2.05 bits per heavy atom. The van der Waals surface area contributed by atoms with Crippen molar-refractivity contribution in [1.29, 1.82) is 0 Å². The molecule has 0 bridgehead atoms. The number of aliphatic carboxylic acids is 1. The number of carbonyl (C=O) groups excluding carboxylic acids is 1. The van der Waals surface area contributed by atoms with Gasteiger partial charge in [0, 0.05) is 25.4 Å². The monoisotopic (exact) mass is 319 g/mol. The molecular formula is C15H17N3O3S. The lowest BCUT2D eigenvalue weighted by Crippen LogP contribution is -2.33. The highest BCUT2D eigenvalue weighted by Gasteiger charge is 2.12. The first-order valence-electron chi connectivity index (χ1n) is 6.77. The van der Waals surface area contributed by atoms with Gasteiger partial charge in [-0.1, -0.05) is 30.3 Å². The van der Waals surface area contributed by atoms with Gasteiger partial charge in [-0.25, -0.2) is 9.78 Å². The second-order valence-corrected chi connectivity index (χ2v) is 5.66.